The van der Waals surface area contributed by atoms with Gasteiger partial charge in [0.15, 0.2) is 6.29 Å². The third-order valence-electron chi connectivity index (χ3n) is 2.66. The van der Waals surface area contributed by atoms with E-state index in [0.29, 0.717) is 0 Å². The molecule has 1 aliphatic rings. The van der Waals surface area contributed by atoms with Gasteiger partial charge < -0.3 is 30.1 Å². The van der Waals surface area contributed by atoms with Gasteiger partial charge >= 0.3 is 0 Å². The summed E-state index contributed by atoms with van der Waals surface area (Å²) in [4.78, 5) is 11.1. The van der Waals surface area contributed by atoms with Crippen molar-refractivity contribution in [3.63, 3.8) is 0 Å². The Morgan fingerprint density at radius 2 is 2.00 bits per heavy atom. The first kappa shape index (κ1) is 15.3. The largest absolute Gasteiger partial charge is 0.394 e. The molecule has 1 aliphatic heterocycles. The summed E-state index contributed by atoms with van der Waals surface area (Å²) < 4.78 is 10.8. The summed E-state index contributed by atoms with van der Waals surface area (Å²) in [6, 6.07) is -0.873. The number of rotatable bonds is 4. The minimum atomic E-state index is -1.28. The lowest BCUT2D eigenvalue weighted by atomic mass is 9.97. The zero-order chi connectivity index (χ0) is 13.9. The number of hydrogen-bond donors (Lipinski definition) is 4. The predicted molar refractivity (Wildman–Crippen MR) is 61.6 cm³/mol. The van der Waals surface area contributed by atoms with Crippen molar-refractivity contribution >= 4 is 5.91 Å². The van der Waals surface area contributed by atoms with Gasteiger partial charge in [0.05, 0.1) is 12.7 Å². The summed E-state index contributed by atoms with van der Waals surface area (Å²) in [6.07, 6.45) is -4.58. The van der Waals surface area contributed by atoms with Crippen molar-refractivity contribution in [1.29, 1.82) is 0 Å². The van der Waals surface area contributed by atoms with Crippen LogP contribution < -0.4 is 5.32 Å². The minimum Gasteiger partial charge on any atom is -0.394 e. The van der Waals surface area contributed by atoms with Crippen molar-refractivity contribution in [3.05, 3.63) is 0 Å². The van der Waals surface area contributed by atoms with E-state index in [1.54, 1.807) is 13.8 Å². The standard InChI is InChI=1S/C11H21NO6/c1-5(2)17-11-8(12-6(3)14)10(16)9(15)7(4-13)18-11/h5,7-11,13,15-16H,4H2,1-3H3,(H,12,14)/t7?,8-,9+,10?,11-/m0/s1. The molecular weight excluding hydrogens is 242 g/mol. The van der Waals surface area contributed by atoms with Crippen LogP contribution in [0.1, 0.15) is 20.8 Å². The van der Waals surface area contributed by atoms with E-state index in [2.05, 4.69) is 5.32 Å². The predicted octanol–water partition coefficient (Wildman–Crippen LogP) is -1.64. The number of aliphatic hydroxyl groups is 3. The quantitative estimate of drug-likeness (QED) is 0.484. The maximum atomic E-state index is 11.1. The molecule has 1 saturated heterocycles. The second kappa shape index (κ2) is 6.44. The Morgan fingerprint density at radius 3 is 2.44 bits per heavy atom. The van der Waals surface area contributed by atoms with Crippen LogP contribution in [-0.2, 0) is 14.3 Å². The van der Waals surface area contributed by atoms with Crippen LogP contribution in [0.2, 0.25) is 0 Å². The van der Waals surface area contributed by atoms with E-state index in [9.17, 15) is 15.0 Å². The normalized spacial score (nSPS) is 36.7. The number of aliphatic hydroxyl groups excluding tert-OH is 3. The molecule has 1 fully saturated rings. The lowest BCUT2D eigenvalue weighted by Gasteiger charge is -2.42. The topological polar surface area (TPSA) is 108 Å². The lowest BCUT2D eigenvalue weighted by Crippen LogP contribution is -2.64. The van der Waals surface area contributed by atoms with Gasteiger partial charge in [0.25, 0.3) is 0 Å². The molecule has 7 nitrogen and oxygen atoms in total. The monoisotopic (exact) mass is 263 g/mol. The highest BCUT2D eigenvalue weighted by Gasteiger charge is 2.45. The van der Waals surface area contributed by atoms with Gasteiger partial charge in [0.2, 0.25) is 5.91 Å². The van der Waals surface area contributed by atoms with Crippen molar-refractivity contribution in [2.24, 2.45) is 0 Å². The Labute approximate surface area is 106 Å². The first-order valence-electron chi connectivity index (χ1n) is 5.91. The molecule has 2 unspecified atom stereocenters. The second-order valence-corrected chi connectivity index (χ2v) is 4.62. The fourth-order valence-corrected chi connectivity index (χ4v) is 1.85. The van der Waals surface area contributed by atoms with Crippen LogP contribution in [0.25, 0.3) is 0 Å². The van der Waals surface area contributed by atoms with E-state index < -0.39 is 37.3 Å². The van der Waals surface area contributed by atoms with Crippen molar-refractivity contribution in [2.45, 2.75) is 57.5 Å². The molecule has 0 saturated carbocycles. The SMILES string of the molecule is CC(=O)N[C@H]1C(O)[C@H](O)C(CO)O[C@@H]1OC(C)C. The molecule has 0 aromatic rings. The van der Waals surface area contributed by atoms with E-state index in [-0.39, 0.29) is 12.0 Å². The van der Waals surface area contributed by atoms with Gasteiger partial charge in [-0.2, -0.15) is 0 Å². The average molecular weight is 263 g/mol. The van der Waals surface area contributed by atoms with Crippen molar-refractivity contribution in [1.82, 2.24) is 5.32 Å². The van der Waals surface area contributed by atoms with Gasteiger partial charge in [0, 0.05) is 6.92 Å². The number of nitrogens with one attached hydrogen (secondary N) is 1. The Hall–Kier alpha value is -0.730. The molecule has 0 radical (unpaired) electrons. The second-order valence-electron chi connectivity index (χ2n) is 4.62. The Balaban J connectivity index is 2.83. The maximum Gasteiger partial charge on any atom is 0.217 e. The molecule has 0 aromatic heterocycles. The highest BCUT2D eigenvalue weighted by molar-refractivity contribution is 5.73. The minimum absolute atomic E-state index is 0.187. The molecule has 1 rings (SSSR count). The molecule has 7 heteroatoms. The summed E-state index contributed by atoms with van der Waals surface area (Å²) in [5, 5.41) is 31.2. The van der Waals surface area contributed by atoms with Gasteiger partial charge in [-0.15, -0.1) is 0 Å². The third-order valence-corrected chi connectivity index (χ3v) is 2.66. The van der Waals surface area contributed by atoms with Crippen LogP contribution >= 0.6 is 0 Å². The molecule has 18 heavy (non-hydrogen) atoms. The van der Waals surface area contributed by atoms with E-state index in [4.69, 9.17) is 14.6 Å². The fourth-order valence-electron chi connectivity index (χ4n) is 1.85. The van der Waals surface area contributed by atoms with Crippen LogP contribution in [0.5, 0.6) is 0 Å². The van der Waals surface area contributed by atoms with E-state index in [1.807, 2.05) is 0 Å². The van der Waals surface area contributed by atoms with E-state index in [0.717, 1.165) is 0 Å². The highest BCUT2D eigenvalue weighted by Crippen LogP contribution is 2.22. The van der Waals surface area contributed by atoms with E-state index >= 15 is 0 Å². The lowest BCUT2D eigenvalue weighted by molar-refractivity contribution is -0.278. The number of carbonyl (C=O) groups is 1. The third kappa shape index (κ3) is 3.63. The summed E-state index contributed by atoms with van der Waals surface area (Å²) in [5.41, 5.74) is 0. The van der Waals surface area contributed by atoms with Crippen LogP contribution in [0.15, 0.2) is 0 Å². The molecule has 0 spiro atoms. The number of hydrogen-bond acceptors (Lipinski definition) is 6. The molecule has 106 valence electrons. The van der Waals surface area contributed by atoms with Gasteiger partial charge in [-0.3, -0.25) is 4.79 Å². The van der Waals surface area contributed by atoms with Crippen LogP contribution in [0.3, 0.4) is 0 Å². The van der Waals surface area contributed by atoms with Crippen molar-refractivity contribution < 1.29 is 29.6 Å². The number of amides is 1. The zero-order valence-electron chi connectivity index (χ0n) is 10.7. The molecular formula is C11H21NO6. The van der Waals surface area contributed by atoms with E-state index in [1.165, 1.54) is 6.92 Å². The summed E-state index contributed by atoms with van der Waals surface area (Å²) >= 11 is 0. The Morgan fingerprint density at radius 1 is 1.39 bits per heavy atom. The maximum absolute atomic E-state index is 11.1. The Kier molecular flexibility index (Phi) is 5.48. The first-order valence-corrected chi connectivity index (χ1v) is 5.91. The molecule has 4 N–H and O–H groups in total. The average Bonchev–Trinajstić information content (AvgIpc) is 2.27. The summed E-state index contributed by atoms with van der Waals surface area (Å²) in [6.45, 7) is 4.41. The Bertz CT molecular complexity index is 285. The summed E-state index contributed by atoms with van der Waals surface area (Å²) in [7, 11) is 0. The smallest absolute Gasteiger partial charge is 0.217 e. The zero-order valence-corrected chi connectivity index (χ0v) is 10.7. The van der Waals surface area contributed by atoms with Crippen LogP contribution in [-0.4, -0.2) is 64.6 Å². The number of ether oxygens (including phenoxy) is 2. The van der Waals surface area contributed by atoms with Gasteiger partial charge in [-0.1, -0.05) is 0 Å². The fraction of sp³-hybridized carbons (Fsp3) is 0.909. The summed E-state index contributed by atoms with van der Waals surface area (Å²) in [5.74, 6) is -0.366. The van der Waals surface area contributed by atoms with Crippen molar-refractivity contribution in [2.75, 3.05) is 6.61 Å². The molecule has 1 amide bonds. The van der Waals surface area contributed by atoms with Gasteiger partial charge in [-0.05, 0) is 13.8 Å². The van der Waals surface area contributed by atoms with Gasteiger partial charge in [0.1, 0.15) is 24.4 Å². The van der Waals surface area contributed by atoms with Crippen LogP contribution in [0.4, 0.5) is 0 Å². The molecule has 1 heterocycles. The van der Waals surface area contributed by atoms with Crippen molar-refractivity contribution in [3.8, 4) is 0 Å². The highest BCUT2D eigenvalue weighted by atomic mass is 16.7. The molecule has 0 aromatic carbocycles. The molecule has 0 aliphatic carbocycles. The molecule has 0 bridgehead atoms. The van der Waals surface area contributed by atoms with Crippen LogP contribution in [0, 0.1) is 0 Å². The van der Waals surface area contributed by atoms with Gasteiger partial charge in [-0.25, -0.2) is 0 Å². The first-order chi connectivity index (χ1) is 8.36. The molecule has 5 atom stereocenters. The number of carbonyl (C=O) groups excluding carboxylic acids is 1.